The summed E-state index contributed by atoms with van der Waals surface area (Å²) in [6.45, 7) is 21.1. The van der Waals surface area contributed by atoms with E-state index < -0.39 is 24.1 Å². The van der Waals surface area contributed by atoms with Crippen LogP contribution in [0.3, 0.4) is 0 Å². The van der Waals surface area contributed by atoms with Gasteiger partial charge in [0.2, 0.25) is 0 Å². The number of hydrogen-bond acceptors (Lipinski definition) is 0. The van der Waals surface area contributed by atoms with Crippen LogP contribution in [0.5, 0.6) is 0 Å². The molecule has 0 heterocycles. The molecule has 0 N–H and O–H groups in total. The summed E-state index contributed by atoms with van der Waals surface area (Å²) in [5.41, 5.74) is 7.64. The molecule has 2 aromatic rings. The molecule has 1 unspecified atom stereocenters. The first kappa shape index (κ1) is 35.9. The average molecular weight is 751 g/mol. The molecule has 0 nitrogen and oxygen atoms in total. The fourth-order valence-electron chi connectivity index (χ4n) is 14.7. The minimum Gasteiger partial charge on any atom is -0.0897 e. The van der Waals surface area contributed by atoms with E-state index in [9.17, 15) is 0 Å². The van der Waals surface area contributed by atoms with Crippen molar-refractivity contribution in [3.8, 4) is 0 Å². The van der Waals surface area contributed by atoms with Gasteiger partial charge in [-0.05, 0) is 184 Å². The molecule has 9 aliphatic carbocycles. The van der Waals surface area contributed by atoms with Gasteiger partial charge in [-0.1, -0.05) is 113 Å². The lowest BCUT2D eigenvalue weighted by atomic mass is 9.55. The molecule has 0 spiro atoms. The molecule has 8 bridgehead atoms. The van der Waals surface area contributed by atoms with E-state index >= 15 is 0 Å². The Morgan fingerprint density at radius 3 is 1.31 bits per heavy atom. The Bertz CT molecular complexity index is 1570. The highest BCUT2D eigenvalue weighted by Gasteiger charge is 2.63. The smallest absolute Gasteiger partial charge is 0.0728 e. The highest BCUT2D eigenvalue weighted by molar-refractivity contribution is 7.73. The van der Waals surface area contributed by atoms with Crippen LogP contribution in [-0.2, 0) is 0 Å². The van der Waals surface area contributed by atoms with Crippen LogP contribution in [0, 0.1) is 49.4 Å². The van der Waals surface area contributed by atoms with Crippen molar-refractivity contribution < 1.29 is 0 Å². The van der Waals surface area contributed by atoms with Crippen LogP contribution in [0.1, 0.15) is 88.2 Å². The first-order valence-corrected chi connectivity index (χ1v) is 31.4. The van der Waals surface area contributed by atoms with Crippen LogP contribution in [0.25, 0.3) is 0 Å². The molecular formula is C47H68P2Si2. The van der Waals surface area contributed by atoms with Gasteiger partial charge < -0.3 is 0 Å². The Balaban J connectivity index is 1.21. The number of allylic oxidation sites excluding steroid dienone is 4. The summed E-state index contributed by atoms with van der Waals surface area (Å²) < 4.78 is 0. The first-order valence-electron chi connectivity index (χ1n) is 21.3. The number of hydrogen-bond donors (Lipinski definition) is 0. The van der Waals surface area contributed by atoms with Crippen molar-refractivity contribution in [3.63, 3.8) is 0 Å². The molecule has 0 radical (unpaired) electrons. The van der Waals surface area contributed by atoms with E-state index in [-0.39, 0.29) is 7.92 Å². The summed E-state index contributed by atoms with van der Waals surface area (Å²) in [5.74, 6) is 6.36. The number of aryl methyl sites for hydroxylation is 2. The normalized spacial score (nSPS) is 37.5. The second-order valence-corrected chi connectivity index (χ2v) is 37.3. The van der Waals surface area contributed by atoms with E-state index in [1.165, 1.54) is 23.5 Å². The quantitative estimate of drug-likeness (QED) is 0.168. The lowest BCUT2D eigenvalue weighted by molar-refractivity contribution is 0.0187. The SMILES string of the molecule is Cc1ccccc1P(CC1=C(CP(C23CC4CC(CC(C4)C2)C3)C23CC4CC(CC(C4)C2)C3)C([Si](C)(C)C)C([Si](C)(C)C)=C1)c1ccccc1C. The molecule has 4 heteroatoms. The molecule has 51 heavy (non-hydrogen) atoms. The van der Waals surface area contributed by atoms with E-state index in [1.807, 2.05) is 16.3 Å². The molecule has 8 saturated carbocycles. The second-order valence-electron chi connectivity index (χ2n) is 21.7. The maximum Gasteiger partial charge on any atom is 0.0728 e. The van der Waals surface area contributed by atoms with E-state index in [4.69, 9.17) is 0 Å². The molecule has 0 aromatic heterocycles. The highest BCUT2D eigenvalue weighted by Crippen LogP contribution is 2.80. The van der Waals surface area contributed by atoms with Gasteiger partial charge in [0.25, 0.3) is 0 Å². The Morgan fingerprint density at radius 2 is 0.961 bits per heavy atom. The van der Waals surface area contributed by atoms with Gasteiger partial charge in [0.1, 0.15) is 0 Å². The summed E-state index contributed by atoms with van der Waals surface area (Å²) in [5, 5.41) is 6.57. The van der Waals surface area contributed by atoms with Crippen LogP contribution in [0.4, 0.5) is 0 Å². The Labute approximate surface area is 317 Å². The molecule has 11 rings (SSSR count). The monoisotopic (exact) mass is 750 g/mol. The fourth-order valence-corrected chi connectivity index (χ4v) is 29.5. The Hall–Kier alpha value is -0.786. The van der Waals surface area contributed by atoms with Crippen LogP contribution in [0.15, 0.2) is 70.9 Å². The van der Waals surface area contributed by atoms with Crippen molar-refractivity contribution in [2.45, 2.75) is 146 Å². The minimum atomic E-state index is -1.55. The van der Waals surface area contributed by atoms with Gasteiger partial charge in [-0.15, -0.1) is 0 Å². The van der Waals surface area contributed by atoms with Crippen LogP contribution in [0.2, 0.25) is 44.8 Å². The van der Waals surface area contributed by atoms with Crippen molar-refractivity contribution >= 4 is 42.6 Å². The Kier molecular flexibility index (Phi) is 9.07. The van der Waals surface area contributed by atoms with Gasteiger partial charge in [-0.3, -0.25) is 0 Å². The van der Waals surface area contributed by atoms with Crippen LogP contribution < -0.4 is 10.6 Å². The molecule has 1 atom stereocenters. The van der Waals surface area contributed by atoms with Gasteiger partial charge in [-0.2, -0.15) is 0 Å². The molecule has 8 fully saturated rings. The third-order valence-corrected chi connectivity index (χ3v) is 27.5. The fraction of sp³-hybridized carbons (Fsp3) is 0.660. The summed E-state index contributed by atoms with van der Waals surface area (Å²) in [4.78, 5) is 0. The van der Waals surface area contributed by atoms with Crippen molar-refractivity contribution in [1.29, 1.82) is 0 Å². The van der Waals surface area contributed by atoms with Crippen LogP contribution in [-0.4, -0.2) is 38.8 Å². The topological polar surface area (TPSA) is 0 Å². The standard InChI is InChI=1S/C47H68P2Si2/c1-32-13-9-11-15-42(32)48(43-16-12-10-14-33(43)2)30-40-23-44(50(3,4)5)45(51(6,7)8)41(40)31-49(46-24-34-17-35(25-46)19-36(18-34)26-46)47-27-37-20-38(28-47)22-39(21-37)29-47/h9-16,23,34-39,45H,17-22,24-31H2,1-8H3. The molecule has 0 amide bonds. The van der Waals surface area contributed by atoms with Gasteiger partial charge in [-0.25, -0.2) is 0 Å². The maximum atomic E-state index is 2.93. The first-order chi connectivity index (χ1) is 24.2. The molecule has 2 aromatic carbocycles. The minimum absolute atomic E-state index is 0.0675. The Morgan fingerprint density at radius 1 is 0.569 bits per heavy atom. The number of rotatable bonds is 10. The van der Waals surface area contributed by atoms with E-state index in [0.29, 0.717) is 10.3 Å². The van der Waals surface area contributed by atoms with E-state index in [2.05, 4.69) is 108 Å². The summed E-state index contributed by atoms with van der Waals surface area (Å²) in [7, 11) is -3.64. The lowest BCUT2D eigenvalue weighted by Gasteiger charge is -2.68. The van der Waals surface area contributed by atoms with Crippen molar-refractivity contribution in [2.75, 3.05) is 12.3 Å². The van der Waals surface area contributed by atoms with E-state index in [0.717, 1.165) is 41.0 Å². The predicted molar refractivity (Wildman–Crippen MR) is 233 cm³/mol. The third-order valence-electron chi connectivity index (χ3n) is 15.8. The molecule has 9 aliphatic rings. The summed E-state index contributed by atoms with van der Waals surface area (Å²) >= 11 is 0. The van der Waals surface area contributed by atoms with E-state index in [1.54, 1.807) is 87.7 Å². The molecular weight excluding hydrogens is 683 g/mol. The second kappa shape index (κ2) is 12.9. The highest BCUT2D eigenvalue weighted by atomic mass is 31.1. The zero-order valence-corrected chi connectivity index (χ0v) is 37.3. The van der Waals surface area contributed by atoms with Gasteiger partial charge in [0, 0.05) is 6.16 Å². The molecule has 274 valence electrons. The zero-order chi connectivity index (χ0) is 35.5. The van der Waals surface area contributed by atoms with Gasteiger partial charge >= 0.3 is 0 Å². The average Bonchev–Trinajstić information content (AvgIpc) is 3.41. The molecule has 0 saturated heterocycles. The largest absolute Gasteiger partial charge is 0.0897 e. The third kappa shape index (κ3) is 6.37. The zero-order valence-electron chi connectivity index (χ0n) is 33.5. The summed E-state index contributed by atoms with van der Waals surface area (Å²) in [6.07, 6.45) is 25.0. The van der Waals surface area contributed by atoms with Gasteiger partial charge in [0.15, 0.2) is 0 Å². The predicted octanol–water partition coefficient (Wildman–Crippen LogP) is 13.0. The number of benzene rings is 2. The van der Waals surface area contributed by atoms with Gasteiger partial charge in [0.05, 0.1) is 16.1 Å². The van der Waals surface area contributed by atoms with Crippen molar-refractivity contribution in [1.82, 2.24) is 0 Å². The van der Waals surface area contributed by atoms with Crippen molar-refractivity contribution in [2.24, 2.45) is 35.5 Å². The summed E-state index contributed by atoms with van der Waals surface area (Å²) in [6, 6.07) is 19.0. The van der Waals surface area contributed by atoms with Crippen molar-refractivity contribution in [3.05, 3.63) is 82.1 Å². The maximum absolute atomic E-state index is 2.93. The molecule has 0 aliphatic heterocycles. The lowest BCUT2D eigenvalue weighted by Crippen LogP contribution is -2.57. The van der Waals surface area contributed by atoms with Crippen LogP contribution >= 0.6 is 15.8 Å².